The average Bonchev–Trinajstić information content (AvgIpc) is 3.56. The van der Waals surface area contributed by atoms with Crippen molar-refractivity contribution < 1.29 is 104 Å². The van der Waals surface area contributed by atoms with Crippen molar-refractivity contribution in [2.45, 2.75) is 74.3 Å². The van der Waals surface area contributed by atoms with Gasteiger partial charge in [0.2, 0.25) is 18.4 Å². The molecule has 21 nitrogen and oxygen atoms in total. The van der Waals surface area contributed by atoms with Gasteiger partial charge in [0.05, 0.1) is 13.2 Å². The van der Waals surface area contributed by atoms with E-state index in [2.05, 4.69) is 0 Å². The molecule has 4 aromatic rings. The van der Waals surface area contributed by atoms with E-state index >= 15 is 0 Å². The fourth-order valence-corrected chi connectivity index (χ4v) is 7.05. The molecular weight excluding hydrogens is 840 g/mol. The van der Waals surface area contributed by atoms with E-state index in [1.165, 1.54) is 12.1 Å². The molecule has 2 unspecified atom stereocenters. The maximum absolute atomic E-state index is 13.9. The number of allylic oxidation sites excluding steroid dienone is 1. The summed E-state index contributed by atoms with van der Waals surface area (Å²) in [7, 11) is 0. The molecule has 336 valence electrons. The van der Waals surface area contributed by atoms with Gasteiger partial charge in [-0.05, 0) is 36.3 Å². The summed E-state index contributed by atoms with van der Waals surface area (Å²) in [6, 6.07) is 12.1. The number of Topliss-reactive ketones (excluding diaryl/α,β-unsaturated/α-hetero) is 2. The normalized spacial score (nSPS) is 27.4. The Hall–Kier alpha value is -6.24. The van der Waals surface area contributed by atoms with Crippen molar-refractivity contribution in [3.63, 3.8) is 0 Å². The lowest BCUT2D eigenvalue weighted by Gasteiger charge is -2.39. The second-order valence-electron chi connectivity index (χ2n) is 14.8. The Morgan fingerprint density at radius 3 is 1.83 bits per heavy atom. The summed E-state index contributed by atoms with van der Waals surface area (Å²) in [6.45, 7) is -1.64. The maximum Gasteiger partial charge on any atom is 0.235 e. The molecule has 2 fully saturated rings. The summed E-state index contributed by atoms with van der Waals surface area (Å²) in [6.07, 6.45) is -16.9. The average molecular weight is 883 g/mol. The summed E-state index contributed by atoms with van der Waals surface area (Å²) in [4.78, 5) is 27.6. The van der Waals surface area contributed by atoms with Gasteiger partial charge >= 0.3 is 0 Å². The molecule has 0 spiro atoms. The zero-order valence-corrected chi connectivity index (χ0v) is 32.5. The summed E-state index contributed by atoms with van der Waals surface area (Å²) in [5.74, 6) is -6.56. The van der Waals surface area contributed by atoms with E-state index in [9.17, 15) is 76.0 Å². The van der Waals surface area contributed by atoms with Crippen LogP contribution in [0.5, 0.6) is 57.5 Å². The van der Waals surface area contributed by atoms with Crippen LogP contribution in [0.4, 0.5) is 0 Å². The van der Waals surface area contributed by atoms with Crippen LogP contribution in [-0.2, 0) is 15.9 Å². The molecule has 21 heteroatoms. The number of ketones is 2. The van der Waals surface area contributed by atoms with Crippen LogP contribution >= 0.6 is 0 Å². The number of rotatable bonds is 13. The smallest absolute Gasteiger partial charge is 0.235 e. The molecule has 2 saturated heterocycles. The van der Waals surface area contributed by atoms with Crippen molar-refractivity contribution in [3.8, 4) is 57.5 Å². The number of phenols is 5. The zero-order valence-electron chi connectivity index (χ0n) is 32.5. The molecular formula is C42H42O21. The number of aryl methyl sites for hydroxylation is 1. The fraction of sp³-hybridized carbons (Fsp3) is 0.333. The predicted molar refractivity (Wildman–Crippen MR) is 209 cm³/mol. The molecule has 63 heavy (non-hydrogen) atoms. The van der Waals surface area contributed by atoms with E-state index in [0.29, 0.717) is 5.56 Å². The first-order valence-electron chi connectivity index (χ1n) is 19.1. The number of aliphatic hydroxyl groups excluding tert-OH is 8. The SMILES string of the molecule is O=C(CCc1ccc(O)cc1)c1c(O)cc(Oc2cc3c(c(OC4O[C@H](CO)[C@@H](O)[C@H](O)[C@H]4O)c2)C(=O)/C(=C\c2cc(O)cc(O)c2O)O3)cc1OC1O[C@@H](CO)[C@H](O)[C@@H](O)[C@@H]1O. The van der Waals surface area contributed by atoms with Gasteiger partial charge < -0.3 is 94.8 Å². The molecule has 3 aliphatic heterocycles. The second kappa shape index (κ2) is 18.2. The van der Waals surface area contributed by atoms with Crippen LogP contribution in [0.1, 0.15) is 38.3 Å². The van der Waals surface area contributed by atoms with Crippen LogP contribution in [0, 0.1) is 0 Å². The number of aliphatic hydroxyl groups is 8. The first-order valence-corrected chi connectivity index (χ1v) is 19.1. The number of carbonyl (C=O) groups is 2. The number of hydrogen-bond acceptors (Lipinski definition) is 21. The van der Waals surface area contributed by atoms with Gasteiger partial charge in [0.1, 0.15) is 106 Å². The van der Waals surface area contributed by atoms with Crippen LogP contribution in [0.2, 0.25) is 0 Å². The highest BCUT2D eigenvalue weighted by Crippen LogP contribution is 2.46. The van der Waals surface area contributed by atoms with Crippen LogP contribution in [0.15, 0.2) is 66.4 Å². The number of hydrogen-bond donors (Lipinski definition) is 13. The molecule has 4 aromatic carbocycles. The number of fused-ring (bicyclic) bond motifs is 1. The van der Waals surface area contributed by atoms with E-state index in [0.717, 1.165) is 42.5 Å². The number of phenolic OH excluding ortho intramolecular Hbond substituents is 5. The number of aromatic hydroxyl groups is 5. The van der Waals surface area contributed by atoms with E-state index in [1.807, 2.05) is 0 Å². The third kappa shape index (κ3) is 9.14. The van der Waals surface area contributed by atoms with E-state index < -0.39 is 132 Å². The third-order valence-electron chi connectivity index (χ3n) is 10.4. The molecule has 0 amide bonds. The Balaban J connectivity index is 1.27. The van der Waals surface area contributed by atoms with Crippen LogP contribution < -0.4 is 18.9 Å². The zero-order chi connectivity index (χ0) is 45.4. The van der Waals surface area contributed by atoms with E-state index in [4.69, 9.17) is 28.4 Å². The molecule has 0 aromatic heterocycles. The minimum atomic E-state index is -1.96. The fourth-order valence-electron chi connectivity index (χ4n) is 7.05. The van der Waals surface area contributed by atoms with Gasteiger partial charge in [0.25, 0.3) is 0 Å². The Kier molecular flexibility index (Phi) is 13.0. The molecule has 3 aliphatic rings. The van der Waals surface area contributed by atoms with Crippen molar-refractivity contribution in [1.82, 2.24) is 0 Å². The number of benzene rings is 4. The van der Waals surface area contributed by atoms with Crippen LogP contribution in [0.25, 0.3) is 6.08 Å². The van der Waals surface area contributed by atoms with Gasteiger partial charge in [-0.1, -0.05) is 12.1 Å². The second-order valence-corrected chi connectivity index (χ2v) is 14.8. The van der Waals surface area contributed by atoms with Crippen molar-refractivity contribution in [2.24, 2.45) is 0 Å². The molecule has 0 bridgehead atoms. The molecule has 13 N–H and O–H groups in total. The number of carbonyl (C=O) groups excluding carboxylic acids is 2. The van der Waals surface area contributed by atoms with Crippen LogP contribution in [-0.4, -0.2) is 153 Å². The largest absolute Gasteiger partial charge is 0.508 e. The highest BCUT2D eigenvalue weighted by atomic mass is 16.7. The minimum Gasteiger partial charge on any atom is -0.508 e. The molecule has 0 aliphatic carbocycles. The predicted octanol–water partition coefficient (Wildman–Crippen LogP) is -0.204. The molecule has 10 atom stereocenters. The van der Waals surface area contributed by atoms with Gasteiger partial charge in [0.15, 0.2) is 23.0 Å². The monoisotopic (exact) mass is 882 g/mol. The topological polar surface area (TPSA) is 353 Å². The quantitative estimate of drug-likeness (QED) is 0.0358. The van der Waals surface area contributed by atoms with Crippen molar-refractivity contribution in [3.05, 3.63) is 88.7 Å². The molecule has 0 radical (unpaired) electrons. The Bertz CT molecular complexity index is 2380. The standard InChI is InChI=1S/C42H42O21/c43-14-29-35(52)37(54)39(56)41(62-29)60-25-11-20(10-23(48)31(25)22(47)6-3-16-1-4-18(45)5-2-16)58-21-12-26-32(27(13-21)61-42-40(57)38(55)36(53)30(15-44)63-42)34(51)28(59-26)8-17-7-19(46)9-24(49)33(17)50/h1-2,4-5,7-13,29-30,35-46,48-50,52-57H,3,6,14-15H2/b28-8+/t29-,30+,35-,36+,37+,38-,39-,40+,41?,42?/m0/s1. The van der Waals surface area contributed by atoms with Crippen LogP contribution in [0.3, 0.4) is 0 Å². The highest BCUT2D eigenvalue weighted by molar-refractivity contribution is 6.16. The first kappa shape index (κ1) is 44.8. The highest BCUT2D eigenvalue weighted by Gasteiger charge is 2.47. The lowest BCUT2D eigenvalue weighted by Crippen LogP contribution is -2.60. The van der Waals surface area contributed by atoms with Gasteiger partial charge in [0, 0.05) is 42.3 Å². The van der Waals surface area contributed by atoms with Gasteiger partial charge in [-0.2, -0.15) is 0 Å². The summed E-state index contributed by atoms with van der Waals surface area (Å²) < 4.78 is 34.5. The summed E-state index contributed by atoms with van der Waals surface area (Å²) >= 11 is 0. The maximum atomic E-state index is 13.9. The van der Waals surface area contributed by atoms with Gasteiger partial charge in [-0.3, -0.25) is 9.59 Å². The van der Waals surface area contributed by atoms with Crippen molar-refractivity contribution in [1.29, 1.82) is 0 Å². The lowest BCUT2D eigenvalue weighted by molar-refractivity contribution is -0.277. The van der Waals surface area contributed by atoms with Gasteiger partial charge in [-0.25, -0.2) is 0 Å². The van der Waals surface area contributed by atoms with Crippen molar-refractivity contribution in [2.75, 3.05) is 13.2 Å². The Morgan fingerprint density at radius 1 is 0.651 bits per heavy atom. The molecule has 3 heterocycles. The molecule has 7 rings (SSSR count). The Labute approximate surface area is 355 Å². The van der Waals surface area contributed by atoms with E-state index in [1.54, 1.807) is 12.1 Å². The summed E-state index contributed by atoms with van der Waals surface area (Å²) in [5, 5.41) is 134. The third-order valence-corrected chi connectivity index (χ3v) is 10.4. The lowest BCUT2D eigenvalue weighted by atomic mass is 9.99. The molecule has 0 saturated carbocycles. The first-order chi connectivity index (χ1) is 30.0. The Morgan fingerprint density at radius 2 is 1.22 bits per heavy atom. The number of ether oxygens (including phenoxy) is 6. The van der Waals surface area contributed by atoms with Crippen molar-refractivity contribution >= 4 is 17.6 Å². The van der Waals surface area contributed by atoms with Gasteiger partial charge in [-0.15, -0.1) is 0 Å². The van der Waals surface area contributed by atoms with E-state index in [-0.39, 0.29) is 47.0 Å². The minimum absolute atomic E-state index is 0.00528. The summed E-state index contributed by atoms with van der Waals surface area (Å²) in [5.41, 5.74) is -0.398.